The molecule has 1 atom stereocenters. The van der Waals surface area contributed by atoms with Crippen molar-refractivity contribution in [3.05, 3.63) is 51.9 Å². The van der Waals surface area contributed by atoms with Gasteiger partial charge in [-0.2, -0.15) is 5.10 Å². The molecule has 37 heavy (non-hydrogen) atoms. The molecule has 12 heteroatoms. The van der Waals surface area contributed by atoms with Crippen LogP contribution in [0.3, 0.4) is 0 Å². The standard InChI is InChI=1S/C25H29BrN5O4PS/c1-4-12-36(33,34)35-19-9-7-17(8-10-19)22-21(26)13-20-23(29-25(32)18-14-27-37-15-18)30-31(24(20)28-22)11-5-6-16(2)3/h7-10,13-16H,4-6,11-12H2,1-3H3,(H,33,34)(H,29,30,32). The normalized spacial score (nSPS) is 13.1. The molecule has 1 aromatic carbocycles. The van der Waals surface area contributed by atoms with E-state index in [1.165, 1.54) is 17.7 Å². The lowest BCUT2D eigenvalue weighted by Crippen LogP contribution is -2.12. The predicted molar refractivity (Wildman–Crippen MR) is 150 cm³/mol. The van der Waals surface area contributed by atoms with Gasteiger partial charge in [-0.25, -0.2) is 18.6 Å². The number of hydrogen-bond donors (Lipinski definition) is 2. The fraction of sp³-hybridized carbons (Fsp3) is 0.360. The summed E-state index contributed by atoms with van der Waals surface area (Å²) in [6.45, 7) is 6.86. The molecule has 3 heterocycles. The van der Waals surface area contributed by atoms with Crippen LogP contribution in [0.1, 0.15) is 50.4 Å². The van der Waals surface area contributed by atoms with E-state index in [1.807, 2.05) is 17.7 Å². The van der Waals surface area contributed by atoms with Gasteiger partial charge in [-0.1, -0.05) is 20.8 Å². The van der Waals surface area contributed by atoms with Crippen molar-refractivity contribution in [3.8, 4) is 17.0 Å². The molecule has 0 spiro atoms. The molecule has 1 unspecified atom stereocenters. The first-order valence-corrected chi connectivity index (χ1v) is 15.5. The maximum Gasteiger partial charge on any atom is 0.376 e. The number of nitrogens with one attached hydrogen (secondary N) is 1. The van der Waals surface area contributed by atoms with Crippen LogP contribution in [-0.4, -0.2) is 36.1 Å². The number of hydrogen-bond acceptors (Lipinski definition) is 7. The zero-order valence-electron chi connectivity index (χ0n) is 20.8. The summed E-state index contributed by atoms with van der Waals surface area (Å²) < 4.78 is 24.0. The Bertz CT molecular complexity index is 1420. The number of carbonyl (C=O) groups is 1. The van der Waals surface area contributed by atoms with E-state index in [9.17, 15) is 14.3 Å². The summed E-state index contributed by atoms with van der Waals surface area (Å²) in [5.74, 6) is 1.06. The van der Waals surface area contributed by atoms with Crippen molar-refractivity contribution >= 4 is 57.8 Å². The van der Waals surface area contributed by atoms with E-state index in [2.05, 4.69) is 44.6 Å². The molecule has 0 fully saturated rings. The summed E-state index contributed by atoms with van der Waals surface area (Å²) in [5.41, 5.74) is 2.62. The van der Waals surface area contributed by atoms with Crippen LogP contribution in [0.2, 0.25) is 0 Å². The van der Waals surface area contributed by atoms with Crippen molar-refractivity contribution in [2.75, 3.05) is 11.5 Å². The Labute approximate surface area is 228 Å². The lowest BCUT2D eigenvalue weighted by Gasteiger charge is -2.13. The molecule has 4 rings (SSSR count). The van der Waals surface area contributed by atoms with Crippen LogP contribution in [0, 0.1) is 5.92 Å². The molecular weight excluding hydrogens is 577 g/mol. The number of nitrogens with zero attached hydrogens (tertiary/aromatic N) is 4. The number of benzene rings is 1. The molecule has 0 aliphatic heterocycles. The topological polar surface area (TPSA) is 119 Å². The third kappa shape index (κ3) is 6.84. The van der Waals surface area contributed by atoms with Gasteiger partial charge < -0.3 is 14.7 Å². The zero-order chi connectivity index (χ0) is 26.6. The smallest absolute Gasteiger partial charge is 0.376 e. The van der Waals surface area contributed by atoms with E-state index in [0.29, 0.717) is 47.4 Å². The Hall–Kier alpha value is -2.59. The van der Waals surface area contributed by atoms with Crippen LogP contribution in [0.25, 0.3) is 22.3 Å². The van der Waals surface area contributed by atoms with Crippen LogP contribution >= 0.6 is 35.1 Å². The summed E-state index contributed by atoms with van der Waals surface area (Å²) in [6, 6.07) is 8.82. The highest BCUT2D eigenvalue weighted by atomic mass is 79.9. The minimum absolute atomic E-state index is 0.0983. The first-order chi connectivity index (χ1) is 17.7. The van der Waals surface area contributed by atoms with Gasteiger partial charge in [0.1, 0.15) is 5.75 Å². The fourth-order valence-electron chi connectivity index (χ4n) is 3.84. The van der Waals surface area contributed by atoms with Gasteiger partial charge in [-0.3, -0.25) is 4.79 Å². The Morgan fingerprint density at radius 2 is 2.05 bits per heavy atom. The largest absolute Gasteiger partial charge is 0.424 e. The highest BCUT2D eigenvalue weighted by Gasteiger charge is 2.21. The van der Waals surface area contributed by atoms with E-state index in [-0.39, 0.29) is 12.1 Å². The summed E-state index contributed by atoms with van der Waals surface area (Å²) in [7, 11) is -3.67. The average Bonchev–Trinajstić information content (AvgIpc) is 3.48. The summed E-state index contributed by atoms with van der Waals surface area (Å²) in [6.07, 6.45) is 4.15. The van der Waals surface area contributed by atoms with Crippen molar-refractivity contribution in [2.24, 2.45) is 5.92 Å². The second-order valence-electron chi connectivity index (χ2n) is 9.14. The van der Waals surface area contributed by atoms with Gasteiger partial charge in [0.2, 0.25) is 0 Å². The molecule has 0 aliphatic rings. The van der Waals surface area contributed by atoms with Gasteiger partial charge >= 0.3 is 7.60 Å². The number of fused-ring (bicyclic) bond motifs is 1. The fourth-order valence-corrected chi connectivity index (χ4v) is 6.01. The molecule has 0 aliphatic carbocycles. The van der Waals surface area contributed by atoms with Crippen LogP contribution < -0.4 is 9.84 Å². The van der Waals surface area contributed by atoms with Gasteiger partial charge in [0, 0.05) is 22.0 Å². The van der Waals surface area contributed by atoms with Crippen molar-refractivity contribution in [2.45, 2.75) is 46.6 Å². The molecule has 9 nitrogen and oxygen atoms in total. The average molecular weight is 606 g/mol. The Morgan fingerprint density at radius 1 is 1.30 bits per heavy atom. The lowest BCUT2D eigenvalue weighted by molar-refractivity contribution is 0.102. The van der Waals surface area contributed by atoms with Gasteiger partial charge in [-0.15, -0.1) is 0 Å². The van der Waals surface area contributed by atoms with Gasteiger partial charge in [0.15, 0.2) is 11.5 Å². The number of rotatable bonds is 11. The van der Waals surface area contributed by atoms with Gasteiger partial charge in [-0.05, 0) is 83.0 Å². The molecule has 196 valence electrons. The Morgan fingerprint density at radius 3 is 2.70 bits per heavy atom. The number of anilines is 1. The number of aryl methyl sites for hydroxylation is 1. The first-order valence-electron chi connectivity index (χ1n) is 12.1. The molecule has 0 saturated heterocycles. The Balaban J connectivity index is 1.68. The summed E-state index contributed by atoms with van der Waals surface area (Å²) >= 11 is 4.84. The van der Waals surface area contributed by atoms with Gasteiger partial charge in [0.25, 0.3) is 5.91 Å². The van der Waals surface area contributed by atoms with E-state index >= 15 is 0 Å². The SMILES string of the molecule is CCCP(=O)(O)Oc1ccc(-c2nc3c(cc2Br)c(NC(=O)c2cnsc2)nn3CCCC(C)C)cc1. The molecule has 4 aromatic rings. The quantitative estimate of drug-likeness (QED) is 0.177. The minimum atomic E-state index is -3.67. The third-order valence-electron chi connectivity index (χ3n) is 5.64. The molecule has 0 saturated carbocycles. The van der Waals surface area contributed by atoms with Crippen LogP contribution in [-0.2, 0) is 11.1 Å². The number of aromatic nitrogens is 4. The second-order valence-corrected chi connectivity index (χ2v) is 12.6. The maximum absolute atomic E-state index is 12.7. The van der Waals surface area contributed by atoms with E-state index in [0.717, 1.165) is 28.3 Å². The highest BCUT2D eigenvalue weighted by Crippen LogP contribution is 2.43. The van der Waals surface area contributed by atoms with Crippen molar-refractivity contribution in [1.29, 1.82) is 0 Å². The minimum Gasteiger partial charge on any atom is -0.424 e. The van der Waals surface area contributed by atoms with Crippen molar-refractivity contribution in [1.82, 2.24) is 19.1 Å². The second kappa shape index (κ2) is 11.9. The number of halogens is 1. The van der Waals surface area contributed by atoms with Crippen LogP contribution in [0.15, 0.2) is 46.4 Å². The molecule has 0 bridgehead atoms. The molecule has 1 amide bonds. The number of pyridine rings is 1. The van der Waals surface area contributed by atoms with Crippen molar-refractivity contribution < 1.29 is 18.8 Å². The molecule has 0 radical (unpaired) electrons. The van der Waals surface area contributed by atoms with Crippen molar-refractivity contribution in [3.63, 3.8) is 0 Å². The molecule has 3 aromatic heterocycles. The van der Waals surface area contributed by atoms with E-state index < -0.39 is 7.60 Å². The number of carbonyl (C=O) groups excluding carboxylic acids is 1. The predicted octanol–water partition coefficient (Wildman–Crippen LogP) is 6.98. The van der Waals surface area contributed by atoms with E-state index in [1.54, 1.807) is 29.6 Å². The van der Waals surface area contributed by atoms with Crippen LogP contribution in [0.4, 0.5) is 5.82 Å². The Kier molecular flexibility index (Phi) is 8.79. The first kappa shape index (κ1) is 27.4. The van der Waals surface area contributed by atoms with E-state index in [4.69, 9.17) is 9.51 Å². The lowest BCUT2D eigenvalue weighted by atomic mass is 10.1. The highest BCUT2D eigenvalue weighted by molar-refractivity contribution is 9.10. The maximum atomic E-state index is 12.7. The summed E-state index contributed by atoms with van der Waals surface area (Å²) in [5, 5.41) is 10.00. The van der Waals surface area contributed by atoms with Gasteiger partial charge in [0.05, 0.1) is 29.0 Å². The monoisotopic (exact) mass is 605 g/mol. The van der Waals surface area contributed by atoms with Crippen LogP contribution in [0.5, 0.6) is 5.75 Å². The molecule has 2 N–H and O–H groups in total. The summed E-state index contributed by atoms with van der Waals surface area (Å²) in [4.78, 5) is 27.6. The third-order valence-corrected chi connectivity index (χ3v) is 8.34. The number of amides is 1. The zero-order valence-corrected chi connectivity index (χ0v) is 24.1. The molecular formula is C25H29BrN5O4PS.